The van der Waals surface area contributed by atoms with Gasteiger partial charge >= 0.3 is 0 Å². The summed E-state index contributed by atoms with van der Waals surface area (Å²) in [5.41, 5.74) is 3.09. The fourth-order valence-corrected chi connectivity index (χ4v) is 4.28. The lowest BCUT2D eigenvalue weighted by molar-refractivity contribution is -0.140. The van der Waals surface area contributed by atoms with E-state index in [1.165, 1.54) is 4.90 Å². The van der Waals surface area contributed by atoms with E-state index in [4.69, 9.17) is 4.74 Å². The maximum atomic E-state index is 13.1. The Morgan fingerprint density at radius 2 is 1.75 bits per heavy atom. The van der Waals surface area contributed by atoms with Crippen LogP contribution in [0.2, 0.25) is 0 Å². The lowest BCUT2D eigenvalue weighted by atomic mass is 9.94. The van der Waals surface area contributed by atoms with Crippen molar-refractivity contribution in [2.45, 2.75) is 25.4 Å². The predicted molar refractivity (Wildman–Crippen MR) is 117 cm³/mol. The normalized spacial score (nSPS) is 19.5. The van der Waals surface area contributed by atoms with E-state index in [0.717, 1.165) is 29.7 Å². The number of likely N-dealkylation sites (tertiary alicyclic amines) is 1. The predicted octanol–water partition coefficient (Wildman–Crippen LogP) is 3.42. The summed E-state index contributed by atoms with van der Waals surface area (Å²) in [4.78, 5) is 35.7. The van der Waals surface area contributed by atoms with Gasteiger partial charge in [0.2, 0.25) is 0 Å². The van der Waals surface area contributed by atoms with Crippen LogP contribution >= 0.6 is 0 Å². The Bertz CT molecular complexity index is 1210. The SMILES string of the molecule is O=C1C(=O)N(Cc2ccncc2)C(c2ccncc2)/C1=C(/O)c1ccc2c(c1)CCCO2. The van der Waals surface area contributed by atoms with Gasteiger partial charge in [-0.25, -0.2) is 0 Å². The van der Waals surface area contributed by atoms with Crippen LogP contribution < -0.4 is 4.74 Å². The minimum absolute atomic E-state index is 0.0759. The average Bonchev–Trinajstić information content (AvgIpc) is 3.09. The molecular weight excluding hydrogens is 406 g/mol. The van der Waals surface area contributed by atoms with Crippen molar-refractivity contribution < 1.29 is 19.4 Å². The molecule has 0 spiro atoms. The minimum atomic E-state index is -0.724. The molecule has 1 N–H and O–H groups in total. The molecule has 1 atom stereocenters. The van der Waals surface area contributed by atoms with Crippen molar-refractivity contribution in [2.24, 2.45) is 0 Å². The van der Waals surface area contributed by atoms with Crippen molar-refractivity contribution in [2.75, 3.05) is 6.61 Å². The number of benzene rings is 1. The molecule has 1 saturated heterocycles. The molecule has 1 fully saturated rings. The Labute approximate surface area is 185 Å². The summed E-state index contributed by atoms with van der Waals surface area (Å²) < 4.78 is 5.66. The number of rotatable bonds is 4. The number of hydrogen-bond acceptors (Lipinski definition) is 6. The molecule has 4 heterocycles. The second-order valence-corrected chi connectivity index (χ2v) is 7.84. The van der Waals surface area contributed by atoms with Crippen molar-refractivity contribution in [3.8, 4) is 5.75 Å². The maximum absolute atomic E-state index is 13.1. The Morgan fingerprint density at radius 1 is 1.03 bits per heavy atom. The van der Waals surface area contributed by atoms with Crippen LogP contribution in [-0.4, -0.2) is 38.3 Å². The molecule has 0 aliphatic carbocycles. The van der Waals surface area contributed by atoms with Gasteiger partial charge in [-0.05, 0) is 72.0 Å². The van der Waals surface area contributed by atoms with Crippen molar-refractivity contribution in [1.82, 2.24) is 14.9 Å². The van der Waals surface area contributed by atoms with Crippen LogP contribution in [-0.2, 0) is 22.6 Å². The second kappa shape index (κ2) is 8.26. The van der Waals surface area contributed by atoms with Gasteiger partial charge in [0.25, 0.3) is 11.7 Å². The molecule has 2 aromatic heterocycles. The first-order valence-electron chi connectivity index (χ1n) is 10.5. The molecule has 7 nitrogen and oxygen atoms in total. The van der Waals surface area contributed by atoms with Gasteiger partial charge < -0.3 is 14.7 Å². The molecule has 5 rings (SSSR count). The van der Waals surface area contributed by atoms with Crippen LogP contribution in [0.1, 0.15) is 34.7 Å². The van der Waals surface area contributed by atoms with E-state index in [-0.39, 0.29) is 17.9 Å². The summed E-state index contributed by atoms with van der Waals surface area (Å²) in [6, 6.07) is 11.7. The summed E-state index contributed by atoms with van der Waals surface area (Å²) in [6.07, 6.45) is 8.23. The average molecular weight is 427 g/mol. The number of nitrogens with zero attached hydrogens (tertiary/aromatic N) is 3. The highest BCUT2D eigenvalue weighted by Crippen LogP contribution is 2.40. The highest BCUT2D eigenvalue weighted by molar-refractivity contribution is 6.46. The fourth-order valence-electron chi connectivity index (χ4n) is 4.28. The maximum Gasteiger partial charge on any atom is 0.295 e. The number of fused-ring (bicyclic) bond motifs is 1. The number of ketones is 1. The summed E-state index contributed by atoms with van der Waals surface area (Å²) in [7, 11) is 0. The van der Waals surface area contributed by atoms with Crippen LogP contribution in [0.15, 0.2) is 72.8 Å². The van der Waals surface area contributed by atoms with Crippen molar-refractivity contribution in [3.63, 3.8) is 0 Å². The molecule has 1 unspecified atom stereocenters. The molecule has 32 heavy (non-hydrogen) atoms. The number of aliphatic hydroxyl groups excluding tert-OH is 1. The summed E-state index contributed by atoms with van der Waals surface area (Å²) in [5.74, 6) is -0.744. The highest BCUT2D eigenvalue weighted by Gasteiger charge is 2.46. The molecule has 2 aliphatic heterocycles. The van der Waals surface area contributed by atoms with Crippen molar-refractivity contribution in [3.05, 3.63) is 95.1 Å². The van der Waals surface area contributed by atoms with Crippen LogP contribution in [0.25, 0.3) is 5.76 Å². The zero-order valence-electron chi connectivity index (χ0n) is 17.3. The first-order chi connectivity index (χ1) is 15.6. The molecule has 1 amide bonds. The van der Waals surface area contributed by atoms with Crippen molar-refractivity contribution >= 4 is 17.4 Å². The zero-order chi connectivity index (χ0) is 22.1. The van der Waals surface area contributed by atoms with Gasteiger partial charge in [0, 0.05) is 36.9 Å². The summed E-state index contributed by atoms with van der Waals surface area (Å²) >= 11 is 0. The Balaban J connectivity index is 1.62. The topological polar surface area (TPSA) is 92.6 Å². The Kier molecular flexibility index (Phi) is 5.15. The fraction of sp³-hybridized carbons (Fsp3) is 0.200. The number of aliphatic hydroxyl groups is 1. The molecule has 7 heteroatoms. The molecule has 0 bridgehead atoms. The number of carbonyl (C=O) groups excluding carboxylic acids is 2. The summed E-state index contributed by atoms with van der Waals surface area (Å²) in [5, 5.41) is 11.2. The number of aromatic nitrogens is 2. The molecule has 0 saturated carbocycles. The number of hydrogen-bond donors (Lipinski definition) is 1. The lowest BCUT2D eigenvalue weighted by Crippen LogP contribution is -2.29. The monoisotopic (exact) mass is 427 g/mol. The molecule has 2 aliphatic rings. The van der Waals surface area contributed by atoms with Gasteiger partial charge in [-0.3, -0.25) is 19.6 Å². The third-order valence-electron chi connectivity index (χ3n) is 5.85. The first kappa shape index (κ1) is 19.9. The highest BCUT2D eigenvalue weighted by atomic mass is 16.5. The standard InChI is InChI=1S/C25H21N3O4/c29-23(19-3-4-20-18(14-19)2-1-13-32-20)21-22(17-7-11-27-12-8-17)28(25(31)24(21)30)15-16-5-9-26-10-6-16/h3-12,14,22,29H,1-2,13,15H2/b23-21-. The Hall–Kier alpha value is -4.00. The van der Waals surface area contributed by atoms with Gasteiger partial charge in [0.1, 0.15) is 11.5 Å². The second-order valence-electron chi connectivity index (χ2n) is 7.84. The van der Waals surface area contributed by atoms with E-state index < -0.39 is 17.7 Å². The largest absolute Gasteiger partial charge is 0.507 e. The van der Waals surface area contributed by atoms with E-state index >= 15 is 0 Å². The molecule has 1 aromatic carbocycles. The van der Waals surface area contributed by atoms with Gasteiger partial charge in [-0.15, -0.1) is 0 Å². The number of pyridine rings is 2. The molecule has 0 radical (unpaired) electrons. The van der Waals surface area contributed by atoms with E-state index in [1.54, 1.807) is 61.2 Å². The van der Waals surface area contributed by atoms with Crippen molar-refractivity contribution in [1.29, 1.82) is 0 Å². The quantitative estimate of drug-likeness (QED) is 0.390. The van der Waals surface area contributed by atoms with E-state index in [9.17, 15) is 14.7 Å². The number of amides is 1. The molecule has 160 valence electrons. The van der Waals surface area contributed by atoms with E-state index in [2.05, 4.69) is 9.97 Å². The molecular formula is C25H21N3O4. The zero-order valence-corrected chi connectivity index (χ0v) is 17.3. The number of Topliss-reactive ketones (excluding diaryl/α,β-unsaturated/α-hetero) is 1. The minimum Gasteiger partial charge on any atom is -0.507 e. The number of ether oxygens (including phenoxy) is 1. The first-order valence-corrected chi connectivity index (χ1v) is 10.5. The van der Waals surface area contributed by atoms with Crippen LogP contribution in [0.3, 0.4) is 0 Å². The Morgan fingerprint density at radius 3 is 2.50 bits per heavy atom. The van der Waals surface area contributed by atoms with Crippen LogP contribution in [0.4, 0.5) is 0 Å². The smallest absolute Gasteiger partial charge is 0.295 e. The number of aryl methyl sites for hydroxylation is 1. The van der Waals surface area contributed by atoms with Crippen LogP contribution in [0.5, 0.6) is 5.75 Å². The third-order valence-corrected chi connectivity index (χ3v) is 5.85. The molecule has 3 aromatic rings. The summed E-state index contributed by atoms with van der Waals surface area (Å²) in [6.45, 7) is 0.884. The van der Waals surface area contributed by atoms with Gasteiger partial charge in [-0.1, -0.05) is 0 Å². The van der Waals surface area contributed by atoms with Gasteiger partial charge in [0.15, 0.2) is 0 Å². The van der Waals surface area contributed by atoms with Gasteiger partial charge in [-0.2, -0.15) is 0 Å². The third kappa shape index (κ3) is 3.51. The lowest BCUT2D eigenvalue weighted by Gasteiger charge is -2.25. The van der Waals surface area contributed by atoms with E-state index in [1.807, 2.05) is 6.07 Å². The number of carbonyl (C=O) groups is 2. The van der Waals surface area contributed by atoms with E-state index in [0.29, 0.717) is 17.7 Å². The van der Waals surface area contributed by atoms with Gasteiger partial charge in [0.05, 0.1) is 18.2 Å². The van der Waals surface area contributed by atoms with Crippen LogP contribution in [0, 0.1) is 0 Å².